The minimum absolute atomic E-state index is 0.0792. The third-order valence-electron chi connectivity index (χ3n) is 6.34. The number of Topliss-reactive ketones (excluding diaryl/α,β-unsaturated/α-hetero) is 1. The fraction of sp³-hybridized carbons (Fsp3) is 0.308. The van der Waals surface area contributed by atoms with Crippen LogP contribution in [0.4, 0.5) is 0 Å². The quantitative estimate of drug-likeness (QED) is 0.398. The predicted molar refractivity (Wildman–Crippen MR) is 128 cm³/mol. The number of hydrogen-bond acceptors (Lipinski definition) is 8. The van der Waals surface area contributed by atoms with Crippen molar-refractivity contribution in [3.63, 3.8) is 0 Å². The van der Waals surface area contributed by atoms with E-state index < -0.39 is 0 Å². The first-order chi connectivity index (χ1) is 17.1. The zero-order chi connectivity index (χ0) is 24.5. The number of carbonyl (C=O) groups is 1. The molecule has 2 aromatic carbocycles. The van der Waals surface area contributed by atoms with Gasteiger partial charge in [0.25, 0.3) is 0 Å². The molecular weight excluding hydrogens is 448 g/mol. The van der Waals surface area contributed by atoms with Crippen molar-refractivity contribution in [1.82, 2.24) is 19.8 Å². The van der Waals surface area contributed by atoms with Gasteiger partial charge in [-0.25, -0.2) is 4.52 Å². The van der Waals surface area contributed by atoms with Gasteiger partial charge in [-0.05, 0) is 35.6 Å². The van der Waals surface area contributed by atoms with Crippen LogP contribution in [0.15, 0.2) is 42.5 Å². The van der Waals surface area contributed by atoms with E-state index in [1.54, 1.807) is 33.0 Å². The van der Waals surface area contributed by atoms with E-state index in [0.717, 1.165) is 28.1 Å². The van der Waals surface area contributed by atoms with Gasteiger partial charge in [0, 0.05) is 13.5 Å². The number of ether oxygens (including phenoxy) is 4. The van der Waals surface area contributed by atoms with Crippen LogP contribution in [0.3, 0.4) is 0 Å². The molecule has 0 bridgehead atoms. The number of benzene rings is 2. The molecule has 1 aliphatic carbocycles. The lowest BCUT2D eigenvalue weighted by molar-refractivity contribution is 0.0955. The maximum absolute atomic E-state index is 13.2. The van der Waals surface area contributed by atoms with Crippen molar-refractivity contribution < 1.29 is 23.7 Å². The van der Waals surface area contributed by atoms with Gasteiger partial charge in [-0.15, -0.1) is 10.2 Å². The first-order valence-corrected chi connectivity index (χ1v) is 11.2. The van der Waals surface area contributed by atoms with Gasteiger partial charge < -0.3 is 18.9 Å². The summed E-state index contributed by atoms with van der Waals surface area (Å²) in [5.74, 6) is 1.41. The SMILES string of the molecule is COCc1nn2c3c(nnc2c1-c1ccccc1)C(=O)CC(c1cc(OC)c(OC)c(OC)c1)C3. The lowest BCUT2D eigenvalue weighted by atomic mass is 9.83. The molecule has 180 valence electrons. The maximum Gasteiger partial charge on any atom is 0.203 e. The van der Waals surface area contributed by atoms with Crippen molar-refractivity contribution in [2.24, 2.45) is 0 Å². The highest BCUT2D eigenvalue weighted by molar-refractivity contribution is 5.97. The summed E-state index contributed by atoms with van der Waals surface area (Å²) < 4.78 is 23.7. The highest BCUT2D eigenvalue weighted by atomic mass is 16.5. The first kappa shape index (κ1) is 22.8. The second kappa shape index (κ2) is 9.34. The molecule has 0 aliphatic heterocycles. The van der Waals surface area contributed by atoms with Crippen LogP contribution in [-0.2, 0) is 17.8 Å². The van der Waals surface area contributed by atoms with Gasteiger partial charge in [-0.1, -0.05) is 30.3 Å². The number of fused-ring (bicyclic) bond motifs is 3. The number of nitrogens with zero attached hydrogens (tertiary/aromatic N) is 4. The van der Waals surface area contributed by atoms with Crippen molar-refractivity contribution in [3.8, 4) is 28.4 Å². The fourth-order valence-electron chi connectivity index (χ4n) is 4.73. The molecule has 0 amide bonds. The molecule has 1 atom stereocenters. The van der Waals surface area contributed by atoms with Crippen molar-refractivity contribution in [2.75, 3.05) is 28.4 Å². The standard InChI is InChI=1S/C26H26N4O5/c1-32-14-18-23(15-8-6-5-7-9-15)26-28-27-24-19(30(26)29-18)10-16(11-20(24)31)17-12-21(33-2)25(35-4)22(13-17)34-3/h5-9,12-13,16H,10-11,14H2,1-4H3. The molecule has 0 saturated carbocycles. The van der Waals surface area contributed by atoms with Crippen molar-refractivity contribution in [2.45, 2.75) is 25.4 Å². The van der Waals surface area contributed by atoms with Crippen LogP contribution in [0.25, 0.3) is 16.8 Å². The average Bonchev–Trinajstić information content (AvgIpc) is 3.26. The lowest BCUT2D eigenvalue weighted by Gasteiger charge is -2.24. The lowest BCUT2D eigenvalue weighted by Crippen LogP contribution is -2.24. The molecule has 2 heterocycles. The van der Waals surface area contributed by atoms with Crippen LogP contribution in [0, 0.1) is 0 Å². The number of aromatic nitrogens is 4. The van der Waals surface area contributed by atoms with Gasteiger partial charge in [0.1, 0.15) is 0 Å². The van der Waals surface area contributed by atoms with Crippen LogP contribution in [0.5, 0.6) is 17.2 Å². The van der Waals surface area contributed by atoms with Gasteiger partial charge in [0.15, 0.2) is 28.6 Å². The fourth-order valence-corrected chi connectivity index (χ4v) is 4.73. The first-order valence-electron chi connectivity index (χ1n) is 11.2. The Labute approximate surface area is 202 Å². The number of carbonyl (C=O) groups excluding carboxylic acids is 1. The second-order valence-electron chi connectivity index (χ2n) is 8.34. The summed E-state index contributed by atoms with van der Waals surface area (Å²) in [5, 5.41) is 13.6. The molecule has 1 unspecified atom stereocenters. The maximum atomic E-state index is 13.2. The highest BCUT2D eigenvalue weighted by Gasteiger charge is 2.33. The highest BCUT2D eigenvalue weighted by Crippen LogP contribution is 2.43. The summed E-state index contributed by atoms with van der Waals surface area (Å²) in [4.78, 5) is 13.2. The zero-order valence-electron chi connectivity index (χ0n) is 20.1. The molecule has 2 aromatic heterocycles. The number of methoxy groups -OCH3 is 4. The van der Waals surface area contributed by atoms with Gasteiger partial charge >= 0.3 is 0 Å². The van der Waals surface area contributed by atoms with Gasteiger partial charge in [0.05, 0.1) is 44.9 Å². The van der Waals surface area contributed by atoms with Crippen molar-refractivity contribution in [3.05, 3.63) is 65.1 Å². The molecule has 5 rings (SSSR count). The number of rotatable bonds is 7. The Balaban J connectivity index is 1.65. The molecule has 9 heteroatoms. The summed E-state index contributed by atoms with van der Waals surface area (Å²) in [5.41, 5.74) is 5.15. The molecule has 35 heavy (non-hydrogen) atoms. The molecule has 1 aliphatic rings. The van der Waals surface area contributed by atoms with Gasteiger partial charge in [0.2, 0.25) is 5.75 Å². The summed E-state index contributed by atoms with van der Waals surface area (Å²) in [6.07, 6.45) is 0.845. The minimum Gasteiger partial charge on any atom is -0.493 e. The Bertz CT molecular complexity index is 1380. The molecule has 0 radical (unpaired) electrons. The molecule has 0 N–H and O–H groups in total. The van der Waals surface area contributed by atoms with E-state index in [1.807, 2.05) is 42.5 Å². The summed E-state index contributed by atoms with van der Waals surface area (Å²) >= 11 is 0. The van der Waals surface area contributed by atoms with E-state index >= 15 is 0 Å². The van der Waals surface area contributed by atoms with Crippen LogP contribution in [0.1, 0.15) is 39.8 Å². The Kier molecular flexibility index (Phi) is 6.08. The van der Waals surface area contributed by atoms with Crippen LogP contribution in [-0.4, -0.2) is 54.0 Å². The third kappa shape index (κ3) is 3.87. The average molecular weight is 475 g/mol. The van der Waals surface area contributed by atoms with E-state index in [2.05, 4.69) is 10.2 Å². The van der Waals surface area contributed by atoms with Crippen LogP contribution >= 0.6 is 0 Å². The topological polar surface area (TPSA) is 97.1 Å². The van der Waals surface area contributed by atoms with E-state index in [1.165, 1.54) is 0 Å². The molecule has 0 saturated heterocycles. The van der Waals surface area contributed by atoms with E-state index in [0.29, 0.717) is 48.0 Å². The second-order valence-corrected chi connectivity index (χ2v) is 8.34. The summed E-state index contributed by atoms with van der Waals surface area (Å²) in [6, 6.07) is 13.7. The normalized spacial score (nSPS) is 15.2. The van der Waals surface area contributed by atoms with Crippen LogP contribution in [0.2, 0.25) is 0 Å². The Morgan fingerprint density at radius 1 is 0.943 bits per heavy atom. The Morgan fingerprint density at radius 2 is 1.66 bits per heavy atom. The molecule has 9 nitrogen and oxygen atoms in total. The molecule has 4 aromatic rings. The summed E-state index contributed by atoms with van der Waals surface area (Å²) in [7, 11) is 6.35. The van der Waals surface area contributed by atoms with Crippen LogP contribution < -0.4 is 14.2 Å². The number of ketones is 1. The minimum atomic E-state index is -0.119. The summed E-state index contributed by atoms with van der Waals surface area (Å²) in [6.45, 7) is 0.312. The zero-order valence-corrected chi connectivity index (χ0v) is 20.1. The monoisotopic (exact) mass is 474 g/mol. The Morgan fingerprint density at radius 3 is 2.29 bits per heavy atom. The smallest absolute Gasteiger partial charge is 0.203 e. The molecular formula is C26H26N4O5. The van der Waals surface area contributed by atoms with E-state index in [4.69, 9.17) is 24.0 Å². The Hall–Kier alpha value is -3.98. The van der Waals surface area contributed by atoms with E-state index in [9.17, 15) is 4.79 Å². The van der Waals surface area contributed by atoms with E-state index in [-0.39, 0.29) is 11.7 Å². The predicted octanol–water partition coefficient (Wildman–Crippen LogP) is 3.88. The van der Waals surface area contributed by atoms with Crippen molar-refractivity contribution in [1.29, 1.82) is 0 Å². The van der Waals surface area contributed by atoms with Gasteiger partial charge in [-0.3, -0.25) is 4.79 Å². The molecule has 0 fully saturated rings. The largest absolute Gasteiger partial charge is 0.493 e. The molecule has 0 spiro atoms. The third-order valence-corrected chi connectivity index (χ3v) is 6.34. The number of hydrogen-bond donors (Lipinski definition) is 0. The van der Waals surface area contributed by atoms with Gasteiger partial charge in [-0.2, -0.15) is 5.10 Å². The van der Waals surface area contributed by atoms with Crippen molar-refractivity contribution >= 4 is 11.4 Å².